The molecule has 1 aromatic carbocycles. The van der Waals surface area contributed by atoms with Crippen molar-refractivity contribution in [2.24, 2.45) is 0 Å². The minimum Gasteiger partial charge on any atom is -0.465 e. The van der Waals surface area contributed by atoms with E-state index >= 15 is 0 Å². The van der Waals surface area contributed by atoms with Crippen molar-refractivity contribution in [2.75, 3.05) is 12.4 Å². The van der Waals surface area contributed by atoms with Gasteiger partial charge in [-0.25, -0.2) is 4.79 Å². The van der Waals surface area contributed by atoms with Gasteiger partial charge in [-0.3, -0.25) is 4.79 Å². The topological polar surface area (TPSA) is 55.4 Å². The molecule has 0 aliphatic rings. The van der Waals surface area contributed by atoms with Crippen molar-refractivity contribution in [1.82, 2.24) is 0 Å². The first-order valence-corrected chi connectivity index (χ1v) is 6.91. The Hall–Kier alpha value is -0.590. The van der Waals surface area contributed by atoms with Crippen LogP contribution in [0.1, 0.15) is 17.3 Å². The summed E-state index contributed by atoms with van der Waals surface area (Å²) in [6.45, 7) is 1.54. The van der Waals surface area contributed by atoms with Gasteiger partial charge in [-0.2, -0.15) is 0 Å². The van der Waals surface area contributed by atoms with Gasteiger partial charge in [0.15, 0.2) is 0 Å². The molecule has 0 saturated heterocycles. The SMILES string of the molecule is COC(=O)c1cc(Br)cc(Br)c1NC(=O)C(C)Cl. The van der Waals surface area contributed by atoms with Gasteiger partial charge in [0, 0.05) is 8.95 Å². The lowest BCUT2D eigenvalue weighted by Gasteiger charge is -2.13. The number of benzene rings is 1. The molecule has 7 heteroatoms. The lowest BCUT2D eigenvalue weighted by Crippen LogP contribution is -2.22. The van der Waals surface area contributed by atoms with Gasteiger partial charge in [0.1, 0.15) is 5.38 Å². The quantitative estimate of drug-likeness (QED) is 0.625. The second-order valence-corrected chi connectivity index (χ2v) is 5.83. The third-order valence-electron chi connectivity index (χ3n) is 2.07. The molecule has 0 aliphatic heterocycles. The molecular formula is C11H10Br2ClNO3. The molecule has 1 atom stereocenters. The number of carbonyl (C=O) groups excluding carboxylic acids is 2. The first-order chi connectivity index (χ1) is 8.36. The maximum atomic E-state index is 11.6. The number of esters is 1. The highest BCUT2D eigenvalue weighted by atomic mass is 79.9. The van der Waals surface area contributed by atoms with E-state index in [4.69, 9.17) is 11.6 Å². The number of rotatable bonds is 3. The molecule has 0 aliphatic carbocycles. The Balaban J connectivity index is 3.24. The summed E-state index contributed by atoms with van der Waals surface area (Å²) in [6, 6.07) is 3.27. The van der Waals surface area contributed by atoms with Crippen LogP contribution >= 0.6 is 43.5 Å². The van der Waals surface area contributed by atoms with Crippen LogP contribution in [0.5, 0.6) is 0 Å². The average Bonchev–Trinajstić information content (AvgIpc) is 2.30. The second-order valence-electron chi connectivity index (χ2n) is 3.41. The van der Waals surface area contributed by atoms with Gasteiger partial charge in [-0.15, -0.1) is 11.6 Å². The Morgan fingerprint density at radius 3 is 2.50 bits per heavy atom. The fraction of sp³-hybridized carbons (Fsp3) is 0.273. The van der Waals surface area contributed by atoms with Crippen LogP contribution in [0.25, 0.3) is 0 Å². The van der Waals surface area contributed by atoms with Crippen molar-refractivity contribution in [1.29, 1.82) is 0 Å². The number of ether oxygens (including phenoxy) is 1. The number of anilines is 1. The van der Waals surface area contributed by atoms with Crippen molar-refractivity contribution in [2.45, 2.75) is 12.3 Å². The van der Waals surface area contributed by atoms with Crippen LogP contribution in [0.2, 0.25) is 0 Å². The van der Waals surface area contributed by atoms with Gasteiger partial charge in [-0.1, -0.05) is 15.9 Å². The van der Waals surface area contributed by atoms with Crippen LogP contribution in [0, 0.1) is 0 Å². The van der Waals surface area contributed by atoms with Crippen molar-refractivity contribution in [3.05, 3.63) is 26.6 Å². The highest BCUT2D eigenvalue weighted by Gasteiger charge is 2.19. The first-order valence-electron chi connectivity index (χ1n) is 4.89. The van der Waals surface area contributed by atoms with E-state index in [0.29, 0.717) is 14.6 Å². The van der Waals surface area contributed by atoms with E-state index in [1.807, 2.05) is 0 Å². The minimum atomic E-state index is -0.703. The zero-order valence-corrected chi connectivity index (χ0v) is 13.5. The summed E-state index contributed by atoms with van der Waals surface area (Å²) in [5.74, 6) is -0.945. The predicted molar refractivity (Wildman–Crippen MR) is 77.1 cm³/mol. The van der Waals surface area contributed by atoms with Gasteiger partial charge < -0.3 is 10.1 Å². The molecular weight excluding hydrogens is 389 g/mol. The summed E-state index contributed by atoms with van der Waals surface area (Å²) in [5.41, 5.74) is 0.576. The summed E-state index contributed by atoms with van der Waals surface area (Å²) < 4.78 is 5.91. The molecule has 0 spiro atoms. The van der Waals surface area contributed by atoms with E-state index in [2.05, 4.69) is 41.9 Å². The van der Waals surface area contributed by atoms with Crippen molar-refractivity contribution in [3.63, 3.8) is 0 Å². The third-order valence-corrected chi connectivity index (χ3v) is 3.35. The summed E-state index contributed by atoms with van der Waals surface area (Å²) in [7, 11) is 1.27. The van der Waals surface area contributed by atoms with Gasteiger partial charge in [0.25, 0.3) is 0 Å². The van der Waals surface area contributed by atoms with E-state index in [0.717, 1.165) is 0 Å². The van der Waals surface area contributed by atoms with Gasteiger partial charge in [0.2, 0.25) is 5.91 Å². The maximum absolute atomic E-state index is 11.6. The van der Waals surface area contributed by atoms with Crippen LogP contribution in [0.15, 0.2) is 21.1 Å². The van der Waals surface area contributed by atoms with E-state index in [1.54, 1.807) is 19.1 Å². The number of hydrogen-bond donors (Lipinski definition) is 1. The van der Waals surface area contributed by atoms with Crippen molar-refractivity contribution >= 4 is 61.0 Å². The number of hydrogen-bond acceptors (Lipinski definition) is 3. The zero-order valence-electron chi connectivity index (χ0n) is 9.59. The molecule has 18 heavy (non-hydrogen) atoms. The van der Waals surface area contributed by atoms with Crippen LogP contribution in [0.3, 0.4) is 0 Å². The molecule has 1 amide bonds. The van der Waals surface area contributed by atoms with Crippen molar-refractivity contribution < 1.29 is 14.3 Å². The smallest absolute Gasteiger partial charge is 0.340 e. The molecule has 0 radical (unpaired) electrons. The molecule has 1 unspecified atom stereocenters. The van der Waals surface area contributed by atoms with E-state index in [-0.39, 0.29) is 5.56 Å². The number of amides is 1. The molecule has 1 aromatic rings. The lowest BCUT2D eigenvalue weighted by atomic mass is 10.1. The number of methoxy groups -OCH3 is 1. The fourth-order valence-corrected chi connectivity index (χ4v) is 2.57. The second kappa shape index (κ2) is 6.54. The number of nitrogens with one attached hydrogen (secondary N) is 1. The largest absolute Gasteiger partial charge is 0.465 e. The standard InChI is InChI=1S/C11H10Br2ClNO3/c1-5(14)10(16)15-9-7(11(17)18-2)3-6(12)4-8(9)13/h3-5H,1-2H3,(H,15,16). The Morgan fingerprint density at radius 1 is 1.39 bits per heavy atom. The molecule has 0 bridgehead atoms. The van der Waals surface area contributed by atoms with Gasteiger partial charge in [0.05, 0.1) is 18.4 Å². The summed E-state index contributed by atoms with van der Waals surface area (Å²) in [6.07, 6.45) is 0. The van der Waals surface area contributed by atoms with Crippen LogP contribution in [-0.4, -0.2) is 24.4 Å². The lowest BCUT2D eigenvalue weighted by molar-refractivity contribution is -0.115. The van der Waals surface area contributed by atoms with Crippen LogP contribution in [0.4, 0.5) is 5.69 Å². The number of alkyl halides is 1. The molecule has 0 fully saturated rings. The monoisotopic (exact) mass is 397 g/mol. The Bertz CT molecular complexity index is 491. The highest BCUT2D eigenvalue weighted by Crippen LogP contribution is 2.31. The Morgan fingerprint density at radius 2 is 2.00 bits per heavy atom. The maximum Gasteiger partial charge on any atom is 0.340 e. The van der Waals surface area contributed by atoms with E-state index in [9.17, 15) is 9.59 Å². The van der Waals surface area contributed by atoms with Crippen LogP contribution in [-0.2, 0) is 9.53 Å². The molecule has 0 aromatic heterocycles. The summed E-state index contributed by atoms with van der Waals surface area (Å²) in [4.78, 5) is 23.2. The molecule has 1 rings (SSSR count). The van der Waals surface area contributed by atoms with Crippen molar-refractivity contribution in [3.8, 4) is 0 Å². The zero-order chi connectivity index (χ0) is 13.9. The highest BCUT2D eigenvalue weighted by molar-refractivity contribution is 9.11. The third kappa shape index (κ3) is 3.70. The predicted octanol–water partition coefficient (Wildman–Crippen LogP) is 3.56. The number of halogens is 3. The normalized spacial score (nSPS) is 11.8. The molecule has 1 N–H and O–H groups in total. The molecule has 98 valence electrons. The average molecular weight is 399 g/mol. The minimum absolute atomic E-state index is 0.240. The fourth-order valence-electron chi connectivity index (χ4n) is 1.19. The van der Waals surface area contributed by atoms with Crippen LogP contribution < -0.4 is 5.32 Å². The Labute approximate surface area is 126 Å². The molecule has 4 nitrogen and oxygen atoms in total. The van der Waals surface area contributed by atoms with Gasteiger partial charge in [-0.05, 0) is 35.0 Å². The summed E-state index contributed by atoms with van der Waals surface area (Å²) in [5, 5.41) is 1.88. The Kier molecular flexibility index (Phi) is 5.62. The summed E-state index contributed by atoms with van der Waals surface area (Å²) >= 11 is 12.2. The van der Waals surface area contributed by atoms with Gasteiger partial charge >= 0.3 is 5.97 Å². The molecule has 0 heterocycles. The first kappa shape index (κ1) is 15.5. The van der Waals surface area contributed by atoms with E-state index in [1.165, 1.54) is 7.11 Å². The van der Waals surface area contributed by atoms with E-state index < -0.39 is 17.3 Å². The number of carbonyl (C=O) groups is 2. The molecule has 0 saturated carbocycles.